The zero-order valence-electron chi connectivity index (χ0n) is 6.56. The zero-order valence-corrected chi connectivity index (χ0v) is 9.04. The summed E-state index contributed by atoms with van der Waals surface area (Å²) in [6.07, 6.45) is 2.24. The Kier molecular flexibility index (Phi) is 5.69. The van der Waals surface area contributed by atoms with Crippen molar-refractivity contribution in [2.45, 2.75) is 12.8 Å². The van der Waals surface area contributed by atoms with Gasteiger partial charge in [-0.25, -0.2) is 0 Å². The summed E-state index contributed by atoms with van der Waals surface area (Å²) in [6.45, 7) is 4.37. The molecule has 0 aliphatic carbocycles. The molecule has 0 bridgehead atoms. The van der Waals surface area contributed by atoms with Crippen LogP contribution >= 0.6 is 23.2 Å². The van der Waals surface area contributed by atoms with E-state index in [1.54, 1.807) is 13.3 Å². The average Bonchev–Trinajstić information content (AvgIpc) is 1.78. The smallest absolute Gasteiger partial charge is 0.141 e. The van der Waals surface area contributed by atoms with Crippen molar-refractivity contribution in [1.82, 2.24) is 5.09 Å². The Hall–Kier alpha value is 0.670. The molecule has 0 heterocycles. The van der Waals surface area contributed by atoms with E-state index in [-0.39, 0.29) is 0 Å². The summed E-state index contributed by atoms with van der Waals surface area (Å²) in [6, 6.07) is 0. The monoisotopic (exact) mass is 227 g/mol. The Bertz CT molecular complexity index is 123. The highest BCUT2D eigenvalue weighted by atomic mass is 79.9. The number of alkyl halides is 1. The van der Waals surface area contributed by atoms with Gasteiger partial charge in [0.1, 0.15) is 7.29 Å². The molecule has 0 atom stereocenters. The first kappa shape index (κ1) is 10.7. The van der Waals surface area contributed by atoms with Gasteiger partial charge in [-0.15, -0.1) is 0 Å². The second-order valence-corrected chi connectivity index (χ2v) is 6.47. The first-order valence-electron chi connectivity index (χ1n) is 3.42. The topological polar surface area (TPSA) is 29.1 Å². The Morgan fingerprint density at radius 1 is 1.40 bits per heavy atom. The van der Waals surface area contributed by atoms with Crippen LogP contribution in [0.5, 0.6) is 0 Å². The lowest BCUT2D eigenvalue weighted by Gasteiger charge is -2.07. The van der Waals surface area contributed by atoms with Crippen LogP contribution in [0.2, 0.25) is 0 Å². The maximum Gasteiger partial charge on any atom is 0.141 e. The van der Waals surface area contributed by atoms with E-state index in [1.807, 2.05) is 0 Å². The number of nitrogens with one attached hydrogen (secondary N) is 1. The van der Waals surface area contributed by atoms with E-state index in [0.29, 0.717) is 0 Å². The summed E-state index contributed by atoms with van der Waals surface area (Å²) in [5.74, 6) is 0. The van der Waals surface area contributed by atoms with Gasteiger partial charge in [0.05, 0.1) is 0 Å². The molecule has 0 saturated heterocycles. The van der Waals surface area contributed by atoms with Crippen LogP contribution in [0.1, 0.15) is 12.8 Å². The van der Waals surface area contributed by atoms with Crippen molar-refractivity contribution >= 4 is 23.2 Å². The molecule has 0 saturated carbocycles. The highest BCUT2D eigenvalue weighted by molar-refractivity contribution is 9.09. The van der Waals surface area contributed by atoms with E-state index >= 15 is 0 Å². The molecule has 0 aliphatic rings. The Balaban J connectivity index is 3.13. The van der Waals surface area contributed by atoms with Crippen molar-refractivity contribution in [2.24, 2.45) is 0 Å². The molecule has 0 spiro atoms. The fourth-order valence-electron chi connectivity index (χ4n) is 0.568. The molecule has 0 unspecified atom stereocenters. The molecule has 10 heavy (non-hydrogen) atoms. The Morgan fingerprint density at radius 3 is 2.40 bits per heavy atom. The standard InChI is InChI=1S/C6H15BrNOP/c1-10(2,9)8-6-4-3-5-7/h3-6H2,1-2H3,(H,8,9). The van der Waals surface area contributed by atoms with Crippen LogP contribution in [0.3, 0.4) is 0 Å². The number of halogens is 1. The van der Waals surface area contributed by atoms with Crippen LogP contribution in [0.4, 0.5) is 0 Å². The van der Waals surface area contributed by atoms with Crippen LogP contribution < -0.4 is 5.09 Å². The number of hydrogen-bond acceptors (Lipinski definition) is 1. The first-order valence-corrected chi connectivity index (χ1v) is 7.14. The summed E-state index contributed by atoms with van der Waals surface area (Å²) < 4.78 is 11.1. The van der Waals surface area contributed by atoms with Crippen LogP contribution in [-0.4, -0.2) is 25.2 Å². The maximum absolute atomic E-state index is 11.1. The summed E-state index contributed by atoms with van der Waals surface area (Å²) in [4.78, 5) is 0. The van der Waals surface area contributed by atoms with Crippen LogP contribution in [0.15, 0.2) is 0 Å². The van der Waals surface area contributed by atoms with Crippen molar-refractivity contribution in [3.8, 4) is 0 Å². The van der Waals surface area contributed by atoms with E-state index in [0.717, 1.165) is 24.7 Å². The number of hydrogen-bond donors (Lipinski definition) is 1. The van der Waals surface area contributed by atoms with Gasteiger partial charge in [0.15, 0.2) is 0 Å². The van der Waals surface area contributed by atoms with Gasteiger partial charge in [-0.3, -0.25) is 5.09 Å². The molecule has 0 amide bonds. The molecular formula is C6H15BrNOP. The predicted octanol–water partition coefficient (Wildman–Crippen LogP) is 2.29. The highest BCUT2D eigenvalue weighted by Gasteiger charge is 2.02. The lowest BCUT2D eigenvalue weighted by molar-refractivity contribution is 0.571. The van der Waals surface area contributed by atoms with Gasteiger partial charge in [-0.1, -0.05) is 15.9 Å². The van der Waals surface area contributed by atoms with Gasteiger partial charge in [0.25, 0.3) is 0 Å². The summed E-state index contributed by atoms with van der Waals surface area (Å²) in [5, 5.41) is 4.03. The van der Waals surface area contributed by atoms with Crippen molar-refractivity contribution in [3.63, 3.8) is 0 Å². The van der Waals surface area contributed by atoms with Crippen LogP contribution in [0, 0.1) is 0 Å². The van der Waals surface area contributed by atoms with E-state index in [2.05, 4.69) is 21.0 Å². The second-order valence-electron chi connectivity index (χ2n) is 2.66. The predicted molar refractivity (Wildman–Crippen MR) is 50.5 cm³/mol. The number of rotatable bonds is 5. The van der Waals surface area contributed by atoms with Gasteiger partial charge < -0.3 is 4.57 Å². The highest BCUT2D eigenvalue weighted by Crippen LogP contribution is 2.29. The Morgan fingerprint density at radius 2 is 2.00 bits per heavy atom. The van der Waals surface area contributed by atoms with E-state index in [4.69, 9.17) is 0 Å². The molecule has 0 aromatic heterocycles. The fourth-order valence-corrected chi connectivity index (χ4v) is 1.66. The molecular weight excluding hydrogens is 213 g/mol. The van der Waals surface area contributed by atoms with Gasteiger partial charge in [0.2, 0.25) is 0 Å². The quantitative estimate of drug-likeness (QED) is 0.444. The molecule has 0 fully saturated rings. The minimum absolute atomic E-state index is 0.871. The lowest BCUT2D eigenvalue weighted by atomic mass is 10.3. The zero-order chi connectivity index (χ0) is 8.04. The van der Waals surface area contributed by atoms with Crippen molar-refractivity contribution in [1.29, 1.82) is 0 Å². The van der Waals surface area contributed by atoms with Gasteiger partial charge in [-0.05, 0) is 12.8 Å². The summed E-state index contributed by atoms with van der Waals surface area (Å²) in [5.41, 5.74) is 0. The fraction of sp³-hybridized carbons (Fsp3) is 1.00. The minimum atomic E-state index is -1.97. The third-order valence-electron chi connectivity index (χ3n) is 1.05. The van der Waals surface area contributed by atoms with Crippen LogP contribution in [0.25, 0.3) is 0 Å². The molecule has 4 heteroatoms. The second kappa shape index (κ2) is 5.34. The largest absolute Gasteiger partial charge is 0.307 e. The summed E-state index contributed by atoms with van der Waals surface area (Å²) >= 11 is 3.33. The number of unbranched alkanes of at least 4 members (excludes halogenated alkanes) is 1. The molecule has 1 N–H and O–H groups in total. The maximum atomic E-state index is 11.1. The molecule has 0 radical (unpaired) electrons. The van der Waals surface area contributed by atoms with Gasteiger partial charge >= 0.3 is 0 Å². The van der Waals surface area contributed by atoms with Crippen molar-refractivity contribution in [2.75, 3.05) is 25.2 Å². The van der Waals surface area contributed by atoms with E-state index in [9.17, 15) is 4.57 Å². The molecule has 0 aromatic rings. The Labute approximate surface area is 71.3 Å². The average molecular weight is 228 g/mol. The first-order chi connectivity index (χ1) is 4.56. The molecule has 0 aliphatic heterocycles. The normalized spacial score (nSPS) is 11.9. The molecule has 2 nitrogen and oxygen atoms in total. The molecule has 0 aromatic carbocycles. The summed E-state index contributed by atoms with van der Waals surface area (Å²) in [7, 11) is -1.97. The third-order valence-corrected chi connectivity index (χ3v) is 2.60. The SMILES string of the molecule is CP(C)(=O)NCCCCBr. The minimum Gasteiger partial charge on any atom is -0.307 e. The molecule has 62 valence electrons. The third kappa shape index (κ3) is 8.67. The van der Waals surface area contributed by atoms with E-state index in [1.165, 1.54) is 0 Å². The van der Waals surface area contributed by atoms with Gasteiger partial charge in [0, 0.05) is 25.2 Å². The van der Waals surface area contributed by atoms with Gasteiger partial charge in [-0.2, -0.15) is 0 Å². The van der Waals surface area contributed by atoms with Crippen molar-refractivity contribution in [3.05, 3.63) is 0 Å². The lowest BCUT2D eigenvalue weighted by Crippen LogP contribution is -2.10. The van der Waals surface area contributed by atoms with Crippen molar-refractivity contribution < 1.29 is 4.57 Å². The molecule has 0 rings (SSSR count). The van der Waals surface area contributed by atoms with E-state index < -0.39 is 7.29 Å². The van der Waals surface area contributed by atoms with Crippen LogP contribution in [-0.2, 0) is 4.57 Å².